The van der Waals surface area contributed by atoms with E-state index in [-0.39, 0.29) is 11.2 Å². The minimum atomic E-state index is -0.336. The van der Waals surface area contributed by atoms with E-state index in [4.69, 9.17) is 4.42 Å². The van der Waals surface area contributed by atoms with E-state index in [2.05, 4.69) is 20.6 Å². The molecular weight excluding hydrogens is 364 g/mol. The molecule has 144 valence electrons. The van der Waals surface area contributed by atoms with Gasteiger partial charge in [-0.2, -0.15) is 5.10 Å². The molecule has 0 aliphatic carbocycles. The topological polar surface area (TPSA) is 90.8 Å². The molecule has 1 atom stereocenters. The highest BCUT2D eigenvalue weighted by atomic mass is 32.2. The number of nitrogens with zero attached hydrogens (tertiary/aromatic N) is 5. The summed E-state index contributed by atoms with van der Waals surface area (Å²) in [5, 5.41) is 16.3. The molecule has 9 heteroatoms. The standard InChI is InChI=1S/C18H24N6O2S/c1-7-24-16(14-8-9-26-12(14)4)20-21-18(24)27-13(5)17(25)19-15-10(2)22-23(6)11(15)3/h8-9,13H,7H2,1-6H3,(H,19,25). The van der Waals surface area contributed by atoms with Gasteiger partial charge in [0.1, 0.15) is 5.76 Å². The Labute approximate surface area is 162 Å². The van der Waals surface area contributed by atoms with Gasteiger partial charge in [0.25, 0.3) is 0 Å². The molecule has 0 aromatic carbocycles. The molecule has 0 bridgehead atoms. The van der Waals surface area contributed by atoms with Crippen LogP contribution < -0.4 is 5.32 Å². The average Bonchev–Trinajstić information content (AvgIpc) is 3.29. The molecule has 3 aromatic rings. The molecule has 8 nitrogen and oxygen atoms in total. The van der Waals surface area contributed by atoms with Gasteiger partial charge in [-0.3, -0.25) is 9.48 Å². The maximum absolute atomic E-state index is 12.7. The van der Waals surface area contributed by atoms with Crippen molar-refractivity contribution in [2.75, 3.05) is 5.32 Å². The third-order valence-electron chi connectivity index (χ3n) is 4.54. The van der Waals surface area contributed by atoms with E-state index in [0.29, 0.717) is 11.7 Å². The minimum absolute atomic E-state index is 0.0918. The number of carbonyl (C=O) groups is 1. The second kappa shape index (κ2) is 7.59. The molecule has 1 amide bonds. The number of furan rings is 1. The Hall–Kier alpha value is -2.55. The second-order valence-corrected chi connectivity index (χ2v) is 7.67. The lowest BCUT2D eigenvalue weighted by atomic mass is 10.2. The van der Waals surface area contributed by atoms with Crippen LogP contribution in [-0.4, -0.2) is 35.7 Å². The van der Waals surface area contributed by atoms with Crippen LogP contribution in [-0.2, 0) is 18.4 Å². The highest BCUT2D eigenvalue weighted by Gasteiger charge is 2.23. The van der Waals surface area contributed by atoms with Crippen molar-refractivity contribution < 1.29 is 9.21 Å². The highest BCUT2D eigenvalue weighted by molar-refractivity contribution is 8.00. The van der Waals surface area contributed by atoms with Crippen LogP contribution in [0.25, 0.3) is 11.4 Å². The lowest BCUT2D eigenvalue weighted by Crippen LogP contribution is -2.23. The fraction of sp³-hybridized carbons (Fsp3) is 0.444. The maximum Gasteiger partial charge on any atom is 0.237 e. The van der Waals surface area contributed by atoms with Crippen molar-refractivity contribution in [3.05, 3.63) is 29.5 Å². The third-order valence-corrected chi connectivity index (χ3v) is 5.62. The molecule has 0 saturated heterocycles. The summed E-state index contributed by atoms with van der Waals surface area (Å²) >= 11 is 1.38. The predicted molar refractivity (Wildman–Crippen MR) is 105 cm³/mol. The van der Waals surface area contributed by atoms with E-state index >= 15 is 0 Å². The number of hydrogen-bond donors (Lipinski definition) is 1. The van der Waals surface area contributed by atoms with E-state index in [1.54, 1.807) is 10.9 Å². The van der Waals surface area contributed by atoms with Crippen molar-refractivity contribution in [1.29, 1.82) is 0 Å². The Kier molecular flexibility index (Phi) is 5.41. The van der Waals surface area contributed by atoms with E-state index in [1.165, 1.54) is 11.8 Å². The summed E-state index contributed by atoms with van der Waals surface area (Å²) in [6, 6.07) is 1.88. The summed E-state index contributed by atoms with van der Waals surface area (Å²) in [5.41, 5.74) is 3.40. The van der Waals surface area contributed by atoms with E-state index < -0.39 is 0 Å². The third kappa shape index (κ3) is 3.64. The first-order valence-corrected chi connectivity index (χ1v) is 9.66. The first kappa shape index (κ1) is 19.2. The maximum atomic E-state index is 12.7. The molecular formula is C18H24N6O2S. The molecule has 0 spiro atoms. The van der Waals surface area contributed by atoms with Gasteiger partial charge < -0.3 is 14.3 Å². The van der Waals surface area contributed by atoms with Crippen LogP contribution in [0.2, 0.25) is 0 Å². The number of amides is 1. The zero-order chi connectivity index (χ0) is 19.7. The molecule has 3 rings (SSSR count). The Balaban J connectivity index is 1.78. The fourth-order valence-corrected chi connectivity index (χ4v) is 3.78. The molecule has 0 radical (unpaired) electrons. The Morgan fingerprint density at radius 1 is 1.33 bits per heavy atom. The van der Waals surface area contributed by atoms with Crippen LogP contribution in [0.1, 0.15) is 31.0 Å². The normalized spacial score (nSPS) is 12.4. The van der Waals surface area contributed by atoms with Crippen molar-refractivity contribution in [2.45, 2.75) is 51.6 Å². The van der Waals surface area contributed by atoms with Crippen molar-refractivity contribution in [1.82, 2.24) is 24.5 Å². The molecule has 3 heterocycles. The van der Waals surface area contributed by atoms with Crippen LogP contribution in [0.15, 0.2) is 21.9 Å². The van der Waals surface area contributed by atoms with Crippen LogP contribution in [0.3, 0.4) is 0 Å². The molecule has 0 aliphatic rings. The van der Waals surface area contributed by atoms with Gasteiger partial charge in [-0.05, 0) is 40.7 Å². The van der Waals surface area contributed by atoms with Gasteiger partial charge in [0, 0.05) is 13.6 Å². The first-order chi connectivity index (χ1) is 12.8. The van der Waals surface area contributed by atoms with E-state index in [0.717, 1.165) is 34.2 Å². The van der Waals surface area contributed by atoms with Gasteiger partial charge in [0.2, 0.25) is 5.91 Å². The first-order valence-electron chi connectivity index (χ1n) is 8.78. The number of nitrogens with one attached hydrogen (secondary N) is 1. The summed E-state index contributed by atoms with van der Waals surface area (Å²) in [5.74, 6) is 1.45. The monoisotopic (exact) mass is 388 g/mol. The molecule has 3 aromatic heterocycles. The van der Waals surface area contributed by atoms with Crippen LogP contribution in [0, 0.1) is 20.8 Å². The molecule has 0 saturated carbocycles. The van der Waals surface area contributed by atoms with Gasteiger partial charge in [0.15, 0.2) is 11.0 Å². The summed E-state index contributed by atoms with van der Waals surface area (Å²) in [6.07, 6.45) is 1.64. The SMILES string of the molecule is CCn1c(SC(C)C(=O)Nc2c(C)nn(C)c2C)nnc1-c1ccoc1C. The largest absolute Gasteiger partial charge is 0.469 e. The molecule has 27 heavy (non-hydrogen) atoms. The lowest BCUT2D eigenvalue weighted by Gasteiger charge is -2.13. The van der Waals surface area contributed by atoms with Crippen LogP contribution in [0.5, 0.6) is 0 Å². The lowest BCUT2D eigenvalue weighted by molar-refractivity contribution is -0.115. The molecule has 0 fully saturated rings. The van der Waals surface area contributed by atoms with Gasteiger partial charge in [-0.1, -0.05) is 11.8 Å². The van der Waals surface area contributed by atoms with Gasteiger partial charge >= 0.3 is 0 Å². The van der Waals surface area contributed by atoms with Crippen molar-refractivity contribution in [2.24, 2.45) is 7.05 Å². The number of thioether (sulfide) groups is 1. The molecule has 0 aliphatic heterocycles. The number of carbonyl (C=O) groups excluding carboxylic acids is 1. The smallest absolute Gasteiger partial charge is 0.237 e. The average molecular weight is 388 g/mol. The summed E-state index contributed by atoms with van der Waals surface area (Å²) in [7, 11) is 1.86. The summed E-state index contributed by atoms with van der Waals surface area (Å²) in [6.45, 7) is 10.3. The predicted octanol–water partition coefficient (Wildman–Crippen LogP) is 3.34. The van der Waals surface area contributed by atoms with E-state index in [1.807, 2.05) is 52.3 Å². The Bertz CT molecular complexity index is 971. The Morgan fingerprint density at radius 3 is 2.63 bits per heavy atom. The van der Waals surface area contributed by atoms with Gasteiger partial charge in [-0.25, -0.2) is 0 Å². The number of hydrogen-bond acceptors (Lipinski definition) is 6. The minimum Gasteiger partial charge on any atom is -0.469 e. The number of aromatic nitrogens is 5. The van der Waals surface area contributed by atoms with Crippen molar-refractivity contribution >= 4 is 23.4 Å². The molecule has 1 N–H and O–H groups in total. The number of rotatable bonds is 6. The van der Waals surface area contributed by atoms with Gasteiger partial charge in [0.05, 0.1) is 34.2 Å². The quantitative estimate of drug-likeness (QED) is 0.651. The van der Waals surface area contributed by atoms with Crippen LogP contribution >= 0.6 is 11.8 Å². The Morgan fingerprint density at radius 2 is 2.07 bits per heavy atom. The van der Waals surface area contributed by atoms with Gasteiger partial charge in [-0.15, -0.1) is 10.2 Å². The molecule has 1 unspecified atom stereocenters. The zero-order valence-corrected chi connectivity index (χ0v) is 17.2. The zero-order valence-electron chi connectivity index (χ0n) is 16.4. The summed E-state index contributed by atoms with van der Waals surface area (Å²) in [4.78, 5) is 12.7. The summed E-state index contributed by atoms with van der Waals surface area (Å²) < 4.78 is 9.13. The second-order valence-electron chi connectivity index (χ2n) is 6.36. The van der Waals surface area contributed by atoms with E-state index in [9.17, 15) is 4.79 Å². The fourth-order valence-electron chi connectivity index (χ4n) is 2.87. The number of anilines is 1. The highest BCUT2D eigenvalue weighted by Crippen LogP contribution is 2.29. The number of aryl methyl sites for hydroxylation is 3. The van der Waals surface area contributed by atoms with Crippen molar-refractivity contribution in [3.63, 3.8) is 0 Å². The van der Waals surface area contributed by atoms with Crippen LogP contribution in [0.4, 0.5) is 5.69 Å². The van der Waals surface area contributed by atoms with Crippen molar-refractivity contribution in [3.8, 4) is 11.4 Å².